The molecule has 0 saturated heterocycles. The fourth-order valence-corrected chi connectivity index (χ4v) is 1.81. The number of anilines is 1. The second kappa shape index (κ2) is 5.66. The third kappa shape index (κ3) is 3.84. The Morgan fingerprint density at radius 3 is 2.55 bits per heavy atom. The fraction of sp³-hybridized carbons (Fsp3) is 0.154. The minimum Gasteiger partial charge on any atom is -0.381 e. The van der Waals surface area contributed by atoms with Crippen molar-refractivity contribution in [3.63, 3.8) is 0 Å². The van der Waals surface area contributed by atoms with Crippen molar-refractivity contribution in [3.05, 3.63) is 58.6 Å². The Hall–Kier alpha value is -1.82. The van der Waals surface area contributed by atoms with E-state index in [1.807, 2.05) is 0 Å². The van der Waals surface area contributed by atoms with Gasteiger partial charge in [-0.1, -0.05) is 11.6 Å². The van der Waals surface area contributed by atoms with E-state index < -0.39 is 17.6 Å². The molecule has 106 valence electrons. The van der Waals surface area contributed by atoms with E-state index in [4.69, 9.17) is 11.6 Å². The molecule has 0 radical (unpaired) electrons. The lowest BCUT2D eigenvalue weighted by Gasteiger charge is -2.11. The third-order valence-electron chi connectivity index (χ3n) is 2.51. The highest BCUT2D eigenvalue weighted by Crippen LogP contribution is 2.30. The molecule has 0 aliphatic heterocycles. The molecule has 0 amide bonds. The molecule has 0 atom stereocenters. The minimum atomic E-state index is -4.57. The normalized spacial score (nSPS) is 11.4. The molecule has 1 heterocycles. The molecule has 20 heavy (non-hydrogen) atoms. The molecule has 0 spiro atoms. The van der Waals surface area contributed by atoms with Crippen LogP contribution in [0.3, 0.4) is 0 Å². The predicted octanol–water partition coefficient (Wildman–Crippen LogP) is 4.51. The third-order valence-corrected chi connectivity index (χ3v) is 2.71. The van der Waals surface area contributed by atoms with Gasteiger partial charge in [-0.25, -0.2) is 9.37 Å². The zero-order valence-corrected chi connectivity index (χ0v) is 10.8. The van der Waals surface area contributed by atoms with Gasteiger partial charge in [-0.3, -0.25) is 0 Å². The van der Waals surface area contributed by atoms with Gasteiger partial charge in [0.25, 0.3) is 0 Å². The molecule has 0 saturated carbocycles. The van der Waals surface area contributed by atoms with Crippen LogP contribution in [-0.2, 0) is 12.7 Å². The van der Waals surface area contributed by atoms with E-state index in [0.717, 1.165) is 12.1 Å². The largest absolute Gasteiger partial charge is 0.416 e. The van der Waals surface area contributed by atoms with E-state index in [-0.39, 0.29) is 17.3 Å². The molecule has 2 rings (SSSR count). The number of rotatable bonds is 3. The summed E-state index contributed by atoms with van der Waals surface area (Å²) < 4.78 is 50.8. The number of hydrogen-bond donors (Lipinski definition) is 1. The van der Waals surface area contributed by atoms with E-state index in [1.165, 1.54) is 12.3 Å². The van der Waals surface area contributed by atoms with Crippen molar-refractivity contribution in [2.45, 2.75) is 12.7 Å². The summed E-state index contributed by atoms with van der Waals surface area (Å²) in [6.07, 6.45) is -3.12. The lowest BCUT2D eigenvalue weighted by atomic mass is 10.1. The average molecular weight is 305 g/mol. The molecule has 1 N–H and O–H groups in total. The summed E-state index contributed by atoms with van der Waals surface area (Å²) in [6.45, 7) is 0.0428. The summed E-state index contributed by atoms with van der Waals surface area (Å²) >= 11 is 5.68. The molecule has 0 fully saturated rings. The number of nitrogens with zero attached hydrogens (tertiary/aromatic N) is 1. The van der Waals surface area contributed by atoms with Crippen LogP contribution in [0.2, 0.25) is 5.15 Å². The van der Waals surface area contributed by atoms with Gasteiger partial charge in [0, 0.05) is 18.4 Å². The first-order chi connectivity index (χ1) is 9.34. The Bertz CT molecular complexity index is 614. The number of pyridine rings is 1. The Kier molecular flexibility index (Phi) is 4.13. The number of halogens is 5. The van der Waals surface area contributed by atoms with Gasteiger partial charge in [0.15, 0.2) is 0 Å². The highest BCUT2D eigenvalue weighted by atomic mass is 35.5. The van der Waals surface area contributed by atoms with Crippen molar-refractivity contribution in [3.8, 4) is 0 Å². The molecule has 1 aromatic heterocycles. The molecule has 2 nitrogen and oxygen atoms in total. The molecule has 7 heteroatoms. The summed E-state index contributed by atoms with van der Waals surface area (Å²) in [5.41, 5.74) is -0.241. The van der Waals surface area contributed by atoms with Crippen molar-refractivity contribution in [2.75, 3.05) is 5.32 Å². The maximum Gasteiger partial charge on any atom is 0.416 e. The van der Waals surface area contributed by atoms with Gasteiger partial charge in [-0.15, -0.1) is 0 Å². The second-order valence-corrected chi connectivity index (χ2v) is 4.45. The molecule has 2 aromatic rings. The first kappa shape index (κ1) is 14.6. The Balaban J connectivity index is 2.16. The van der Waals surface area contributed by atoms with Crippen LogP contribution in [0.5, 0.6) is 0 Å². The van der Waals surface area contributed by atoms with Crippen LogP contribution in [-0.4, -0.2) is 4.98 Å². The van der Waals surface area contributed by atoms with Gasteiger partial charge in [-0.05, 0) is 35.9 Å². The van der Waals surface area contributed by atoms with E-state index in [0.29, 0.717) is 11.8 Å². The summed E-state index contributed by atoms with van der Waals surface area (Å²) in [5.74, 6) is -0.926. The number of benzene rings is 1. The Morgan fingerprint density at radius 1 is 1.15 bits per heavy atom. The first-order valence-electron chi connectivity index (χ1n) is 5.57. The van der Waals surface area contributed by atoms with Gasteiger partial charge in [0.2, 0.25) is 0 Å². The molecule has 0 aliphatic carbocycles. The van der Waals surface area contributed by atoms with Crippen molar-refractivity contribution in [1.82, 2.24) is 4.98 Å². The van der Waals surface area contributed by atoms with Gasteiger partial charge in [0.1, 0.15) is 11.0 Å². The molecular formula is C13H9ClF4N2. The van der Waals surface area contributed by atoms with Crippen LogP contribution < -0.4 is 5.32 Å². The van der Waals surface area contributed by atoms with Crippen LogP contribution in [0.4, 0.5) is 23.2 Å². The maximum absolute atomic E-state index is 13.2. The summed E-state index contributed by atoms with van der Waals surface area (Å²) in [7, 11) is 0. The number of alkyl halides is 3. The van der Waals surface area contributed by atoms with E-state index in [9.17, 15) is 17.6 Å². The maximum atomic E-state index is 13.2. The van der Waals surface area contributed by atoms with E-state index in [1.54, 1.807) is 6.07 Å². The smallest absolute Gasteiger partial charge is 0.381 e. The SMILES string of the molecule is Fc1cc(CNc2ccnc(Cl)c2)cc(C(F)(F)F)c1. The highest BCUT2D eigenvalue weighted by molar-refractivity contribution is 6.29. The number of hydrogen-bond acceptors (Lipinski definition) is 2. The number of aromatic nitrogens is 1. The molecule has 0 aliphatic rings. The van der Waals surface area contributed by atoms with Gasteiger partial charge in [0.05, 0.1) is 5.56 Å². The second-order valence-electron chi connectivity index (χ2n) is 4.07. The summed E-state index contributed by atoms with van der Waals surface area (Å²) in [5, 5.41) is 3.10. The zero-order valence-electron chi connectivity index (χ0n) is 10.0. The topological polar surface area (TPSA) is 24.9 Å². The first-order valence-corrected chi connectivity index (χ1v) is 5.94. The summed E-state index contributed by atoms with van der Waals surface area (Å²) in [6, 6.07) is 5.54. The van der Waals surface area contributed by atoms with Gasteiger partial charge >= 0.3 is 6.18 Å². The fourth-order valence-electron chi connectivity index (χ4n) is 1.63. The molecule has 1 aromatic carbocycles. The van der Waals surface area contributed by atoms with Crippen LogP contribution in [0.15, 0.2) is 36.5 Å². The monoisotopic (exact) mass is 304 g/mol. The number of nitrogens with one attached hydrogen (secondary N) is 1. The Morgan fingerprint density at radius 2 is 1.90 bits per heavy atom. The molecule has 0 bridgehead atoms. The van der Waals surface area contributed by atoms with Gasteiger partial charge in [-0.2, -0.15) is 13.2 Å². The zero-order chi connectivity index (χ0) is 14.8. The van der Waals surface area contributed by atoms with Crippen molar-refractivity contribution >= 4 is 17.3 Å². The quantitative estimate of drug-likeness (QED) is 0.667. The van der Waals surface area contributed by atoms with Crippen molar-refractivity contribution < 1.29 is 17.6 Å². The highest BCUT2D eigenvalue weighted by Gasteiger charge is 2.31. The predicted molar refractivity (Wildman–Crippen MR) is 68.0 cm³/mol. The molecular weight excluding hydrogens is 296 g/mol. The van der Waals surface area contributed by atoms with Gasteiger partial charge < -0.3 is 5.32 Å². The summed E-state index contributed by atoms with van der Waals surface area (Å²) in [4.78, 5) is 3.77. The lowest BCUT2D eigenvalue weighted by Crippen LogP contribution is -2.08. The van der Waals surface area contributed by atoms with Crippen LogP contribution in [0.25, 0.3) is 0 Å². The van der Waals surface area contributed by atoms with E-state index >= 15 is 0 Å². The lowest BCUT2D eigenvalue weighted by molar-refractivity contribution is -0.137. The van der Waals surface area contributed by atoms with Crippen molar-refractivity contribution in [1.29, 1.82) is 0 Å². The standard InChI is InChI=1S/C13H9ClF4N2/c14-12-6-11(1-2-19-12)20-7-8-3-9(13(16,17)18)5-10(15)4-8/h1-6H,7H2,(H,19,20). The van der Waals surface area contributed by atoms with E-state index in [2.05, 4.69) is 10.3 Å². The van der Waals surface area contributed by atoms with Crippen LogP contribution in [0.1, 0.15) is 11.1 Å². The van der Waals surface area contributed by atoms with Crippen LogP contribution in [0, 0.1) is 5.82 Å². The molecule has 0 unspecified atom stereocenters. The van der Waals surface area contributed by atoms with Crippen molar-refractivity contribution in [2.24, 2.45) is 0 Å². The Labute approximate surface area is 117 Å². The average Bonchev–Trinajstić information content (AvgIpc) is 2.35. The van der Waals surface area contributed by atoms with Crippen LogP contribution >= 0.6 is 11.6 Å². The minimum absolute atomic E-state index is 0.0428.